The molecule has 0 saturated heterocycles. The Kier molecular flexibility index (Phi) is 8.15. The third kappa shape index (κ3) is 4.91. The van der Waals surface area contributed by atoms with Crippen LogP contribution in [-0.4, -0.2) is 51.1 Å². The summed E-state index contributed by atoms with van der Waals surface area (Å²) >= 11 is 1.67. The summed E-state index contributed by atoms with van der Waals surface area (Å²) in [6, 6.07) is 14.6. The topological polar surface area (TPSA) is 77.1 Å². The molecule has 8 heteroatoms. The maximum atomic E-state index is 13.8. The lowest BCUT2D eigenvalue weighted by molar-refractivity contribution is -0.124. The number of fused-ring (bicyclic) bond motifs is 1. The van der Waals surface area contributed by atoms with Gasteiger partial charge in [0.2, 0.25) is 11.7 Å². The van der Waals surface area contributed by atoms with Crippen molar-refractivity contribution in [3.05, 3.63) is 75.5 Å². The van der Waals surface area contributed by atoms with Crippen LogP contribution < -0.4 is 19.5 Å². The molecule has 0 unspecified atom stereocenters. The van der Waals surface area contributed by atoms with Gasteiger partial charge in [0, 0.05) is 23.5 Å². The molecule has 1 aliphatic rings. The van der Waals surface area contributed by atoms with E-state index in [1.54, 1.807) is 43.6 Å². The minimum absolute atomic E-state index is 0.0890. The molecule has 0 radical (unpaired) electrons. The molecule has 0 aliphatic carbocycles. The second kappa shape index (κ2) is 11.5. The number of ether oxygens (including phenoxy) is 3. The van der Waals surface area contributed by atoms with Crippen molar-refractivity contribution in [1.82, 2.24) is 10.2 Å². The van der Waals surface area contributed by atoms with Crippen LogP contribution in [0.3, 0.4) is 0 Å². The Labute approximate surface area is 216 Å². The second-order valence-corrected chi connectivity index (χ2v) is 9.62. The Morgan fingerprint density at radius 3 is 2.36 bits per heavy atom. The molecule has 36 heavy (non-hydrogen) atoms. The van der Waals surface area contributed by atoms with E-state index in [-0.39, 0.29) is 11.8 Å². The molecule has 1 aromatic heterocycles. The normalized spacial score (nSPS) is 16.9. The first kappa shape index (κ1) is 25.6. The van der Waals surface area contributed by atoms with Gasteiger partial charge in [0.25, 0.3) is 5.91 Å². The number of hydrogen-bond donors (Lipinski definition) is 1. The van der Waals surface area contributed by atoms with Gasteiger partial charge in [-0.2, -0.15) is 0 Å². The average molecular weight is 509 g/mol. The first-order chi connectivity index (χ1) is 17.5. The van der Waals surface area contributed by atoms with Crippen LogP contribution in [0.4, 0.5) is 0 Å². The van der Waals surface area contributed by atoms with Gasteiger partial charge in [0.05, 0.1) is 33.3 Å². The van der Waals surface area contributed by atoms with Crippen molar-refractivity contribution in [2.75, 3.05) is 34.4 Å². The molecule has 3 aromatic rings. The monoisotopic (exact) mass is 508 g/mol. The number of carbonyl (C=O) groups excluding carboxylic acids is 2. The fourth-order valence-electron chi connectivity index (χ4n) is 4.88. The standard InChI is InChI=1S/C28H32N2O5S/c1-5-14-30-25(18-16-22(33-2)26(35-4)23(17-18)34-3)24(20-10-6-7-11-21(20)28(30)32)27(31)29-13-12-19-9-8-15-36-19/h6-11,15-17,24-25H,5,12-14H2,1-4H3,(H,29,31)/t24-,25-/m1/s1. The van der Waals surface area contributed by atoms with E-state index in [0.717, 1.165) is 24.0 Å². The number of nitrogens with one attached hydrogen (secondary N) is 1. The minimum Gasteiger partial charge on any atom is -0.493 e. The first-order valence-corrected chi connectivity index (χ1v) is 12.9. The van der Waals surface area contributed by atoms with Crippen molar-refractivity contribution >= 4 is 23.2 Å². The minimum atomic E-state index is -0.600. The van der Waals surface area contributed by atoms with Crippen molar-refractivity contribution in [3.63, 3.8) is 0 Å². The van der Waals surface area contributed by atoms with E-state index in [0.29, 0.717) is 35.9 Å². The molecule has 190 valence electrons. The highest BCUT2D eigenvalue weighted by Gasteiger charge is 2.44. The highest BCUT2D eigenvalue weighted by molar-refractivity contribution is 7.09. The number of hydrogen-bond acceptors (Lipinski definition) is 6. The largest absolute Gasteiger partial charge is 0.493 e. The average Bonchev–Trinajstić information content (AvgIpc) is 3.42. The van der Waals surface area contributed by atoms with E-state index >= 15 is 0 Å². The van der Waals surface area contributed by atoms with Crippen LogP contribution in [0.15, 0.2) is 53.9 Å². The van der Waals surface area contributed by atoms with Gasteiger partial charge in [0.15, 0.2) is 11.5 Å². The molecule has 7 nitrogen and oxygen atoms in total. The van der Waals surface area contributed by atoms with Crippen molar-refractivity contribution in [2.24, 2.45) is 0 Å². The van der Waals surface area contributed by atoms with Crippen molar-refractivity contribution in [3.8, 4) is 17.2 Å². The lowest BCUT2D eigenvalue weighted by atomic mass is 9.79. The molecule has 1 N–H and O–H groups in total. The smallest absolute Gasteiger partial charge is 0.254 e. The zero-order chi connectivity index (χ0) is 25.7. The third-order valence-corrected chi connectivity index (χ3v) is 7.40. The van der Waals surface area contributed by atoms with Crippen molar-refractivity contribution in [2.45, 2.75) is 31.7 Å². The number of methoxy groups -OCH3 is 3. The van der Waals surface area contributed by atoms with E-state index in [4.69, 9.17) is 14.2 Å². The van der Waals surface area contributed by atoms with Gasteiger partial charge < -0.3 is 24.4 Å². The molecule has 0 bridgehead atoms. The van der Waals surface area contributed by atoms with Crippen LogP contribution in [0, 0.1) is 0 Å². The number of benzene rings is 2. The molecule has 2 heterocycles. The molecule has 4 rings (SSSR count). The highest BCUT2D eigenvalue weighted by atomic mass is 32.1. The van der Waals surface area contributed by atoms with Crippen LogP contribution in [0.25, 0.3) is 0 Å². The fourth-order valence-corrected chi connectivity index (χ4v) is 5.59. The third-order valence-electron chi connectivity index (χ3n) is 6.46. The van der Waals surface area contributed by atoms with E-state index in [9.17, 15) is 9.59 Å². The molecule has 2 atom stereocenters. The number of rotatable bonds is 10. The number of thiophene rings is 1. The Hall–Kier alpha value is -3.52. The quantitative estimate of drug-likeness (QED) is 0.425. The Morgan fingerprint density at radius 2 is 1.75 bits per heavy atom. The van der Waals surface area contributed by atoms with Crippen LogP contribution in [-0.2, 0) is 11.2 Å². The predicted molar refractivity (Wildman–Crippen MR) is 140 cm³/mol. The Balaban J connectivity index is 1.80. The summed E-state index contributed by atoms with van der Waals surface area (Å²) in [5.74, 6) is 0.611. The maximum Gasteiger partial charge on any atom is 0.254 e. The van der Waals surface area contributed by atoms with Crippen LogP contribution >= 0.6 is 11.3 Å². The molecule has 2 aromatic carbocycles. The molecule has 0 spiro atoms. The second-order valence-electron chi connectivity index (χ2n) is 8.59. The van der Waals surface area contributed by atoms with E-state index in [2.05, 4.69) is 11.4 Å². The summed E-state index contributed by atoms with van der Waals surface area (Å²) in [7, 11) is 4.66. The molecule has 0 fully saturated rings. The van der Waals surface area contributed by atoms with Gasteiger partial charge in [-0.15, -0.1) is 11.3 Å². The number of nitrogens with zero attached hydrogens (tertiary/aromatic N) is 1. The molecule has 2 amide bonds. The van der Waals surface area contributed by atoms with E-state index in [1.807, 2.05) is 48.7 Å². The van der Waals surface area contributed by atoms with Gasteiger partial charge in [-0.25, -0.2) is 0 Å². The van der Waals surface area contributed by atoms with Gasteiger partial charge in [-0.3, -0.25) is 9.59 Å². The molecule has 0 saturated carbocycles. The van der Waals surface area contributed by atoms with Gasteiger partial charge in [-0.05, 0) is 53.6 Å². The van der Waals surface area contributed by atoms with Crippen LogP contribution in [0.1, 0.15) is 51.7 Å². The van der Waals surface area contributed by atoms with Crippen molar-refractivity contribution < 1.29 is 23.8 Å². The number of amides is 2. The first-order valence-electron chi connectivity index (χ1n) is 12.0. The zero-order valence-electron chi connectivity index (χ0n) is 21.1. The lowest BCUT2D eigenvalue weighted by Crippen LogP contribution is -2.47. The van der Waals surface area contributed by atoms with Crippen molar-refractivity contribution in [1.29, 1.82) is 0 Å². The maximum absolute atomic E-state index is 13.8. The lowest BCUT2D eigenvalue weighted by Gasteiger charge is -2.42. The zero-order valence-corrected chi connectivity index (χ0v) is 21.9. The molecular formula is C28H32N2O5S. The summed E-state index contributed by atoms with van der Waals surface area (Å²) in [6.45, 7) is 3.05. The fraction of sp³-hybridized carbons (Fsp3) is 0.357. The van der Waals surface area contributed by atoms with Gasteiger partial charge in [-0.1, -0.05) is 31.2 Å². The SMILES string of the molecule is CCCN1C(=O)c2ccccc2[C@@H](C(=O)NCCc2cccs2)[C@H]1c1cc(OC)c(OC)c(OC)c1. The Morgan fingerprint density at radius 1 is 1.03 bits per heavy atom. The van der Waals surface area contributed by atoms with E-state index in [1.165, 1.54) is 4.88 Å². The molecule has 1 aliphatic heterocycles. The van der Waals surface area contributed by atoms with Crippen LogP contribution in [0.5, 0.6) is 17.2 Å². The summed E-state index contributed by atoms with van der Waals surface area (Å²) < 4.78 is 16.7. The predicted octanol–water partition coefficient (Wildman–Crippen LogP) is 4.82. The summed E-state index contributed by atoms with van der Waals surface area (Å²) in [5, 5.41) is 5.16. The summed E-state index contributed by atoms with van der Waals surface area (Å²) in [5.41, 5.74) is 2.04. The molecular weight excluding hydrogens is 476 g/mol. The summed E-state index contributed by atoms with van der Waals surface area (Å²) in [6.07, 6.45) is 1.51. The Bertz CT molecular complexity index is 1190. The highest BCUT2D eigenvalue weighted by Crippen LogP contribution is 2.47. The number of carbonyl (C=O) groups is 2. The van der Waals surface area contributed by atoms with Gasteiger partial charge in [0.1, 0.15) is 0 Å². The van der Waals surface area contributed by atoms with E-state index < -0.39 is 12.0 Å². The summed E-state index contributed by atoms with van der Waals surface area (Å²) in [4.78, 5) is 30.5. The van der Waals surface area contributed by atoms with Crippen LogP contribution in [0.2, 0.25) is 0 Å². The van der Waals surface area contributed by atoms with Gasteiger partial charge >= 0.3 is 0 Å².